The first-order chi connectivity index (χ1) is 9.63. The van der Waals surface area contributed by atoms with E-state index in [0.717, 1.165) is 25.1 Å². The predicted molar refractivity (Wildman–Crippen MR) is 77.5 cm³/mol. The van der Waals surface area contributed by atoms with Crippen LogP contribution in [0.4, 0.5) is 0 Å². The molecule has 1 fully saturated rings. The van der Waals surface area contributed by atoms with E-state index < -0.39 is 10.2 Å². The fourth-order valence-corrected chi connectivity index (χ4v) is 4.01. The normalized spacial score (nSPS) is 21.1. The summed E-state index contributed by atoms with van der Waals surface area (Å²) in [6, 6.07) is 0.0508. The van der Waals surface area contributed by atoms with Gasteiger partial charge in [-0.3, -0.25) is 0 Å². The third-order valence-corrected chi connectivity index (χ3v) is 5.19. The molecule has 1 aliphatic rings. The molecule has 8 heteroatoms. The summed E-state index contributed by atoms with van der Waals surface area (Å²) in [5, 5.41) is 3.07. The van der Waals surface area contributed by atoms with E-state index in [1.165, 1.54) is 0 Å². The van der Waals surface area contributed by atoms with Crippen LogP contribution in [0, 0.1) is 0 Å². The minimum absolute atomic E-state index is 0.0508. The van der Waals surface area contributed by atoms with Gasteiger partial charge in [-0.1, -0.05) is 6.42 Å². The molecule has 0 spiro atoms. The van der Waals surface area contributed by atoms with Crippen LogP contribution in [-0.2, 0) is 16.6 Å². The standard InChI is InChI=1S/C12H23N5O2S/c1-13-10-11-4-2-3-9-17(11)20(18,19)16-6-5-12-14-7-8-15-12/h7-8,11,13,16H,2-6,9-10H2,1H3,(H,14,15). The lowest BCUT2D eigenvalue weighted by Crippen LogP contribution is -2.52. The number of hydrogen-bond acceptors (Lipinski definition) is 4. The van der Waals surface area contributed by atoms with Crippen LogP contribution in [0.3, 0.4) is 0 Å². The van der Waals surface area contributed by atoms with Crippen LogP contribution in [0.2, 0.25) is 0 Å². The van der Waals surface area contributed by atoms with E-state index >= 15 is 0 Å². The fraction of sp³-hybridized carbons (Fsp3) is 0.750. The maximum atomic E-state index is 12.4. The maximum absolute atomic E-state index is 12.4. The summed E-state index contributed by atoms with van der Waals surface area (Å²) in [7, 11) is -1.56. The lowest BCUT2D eigenvalue weighted by molar-refractivity contribution is 0.246. The van der Waals surface area contributed by atoms with Gasteiger partial charge in [0.2, 0.25) is 0 Å². The van der Waals surface area contributed by atoms with Gasteiger partial charge in [-0.2, -0.15) is 12.7 Å². The van der Waals surface area contributed by atoms with Crippen molar-refractivity contribution in [3.8, 4) is 0 Å². The minimum Gasteiger partial charge on any atom is -0.349 e. The maximum Gasteiger partial charge on any atom is 0.279 e. The fourth-order valence-electron chi connectivity index (χ4n) is 2.55. The van der Waals surface area contributed by atoms with Gasteiger partial charge in [-0.15, -0.1) is 0 Å². The molecule has 7 nitrogen and oxygen atoms in total. The molecule has 1 unspecified atom stereocenters. The van der Waals surface area contributed by atoms with Gasteiger partial charge >= 0.3 is 0 Å². The molecule has 0 bridgehead atoms. The number of H-pyrrole nitrogens is 1. The molecule has 1 aliphatic heterocycles. The smallest absolute Gasteiger partial charge is 0.279 e. The van der Waals surface area contributed by atoms with Crippen molar-refractivity contribution < 1.29 is 8.42 Å². The van der Waals surface area contributed by atoms with E-state index in [1.54, 1.807) is 16.7 Å². The van der Waals surface area contributed by atoms with E-state index in [4.69, 9.17) is 0 Å². The van der Waals surface area contributed by atoms with Gasteiger partial charge in [0.15, 0.2) is 0 Å². The first kappa shape index (κ1) is 15.4. The first-order valence-corrected chi connectivity index (χ1v) is 8.47. The molecule has 0 aliphatic carbocycles. The minimum atomic E-state index is -3.41. The second-order valence-electron chi connectivity index (χ2n) is 5.00. The van der Waals surface area contributed by atoms with Gasteiger partial charge in [0, 0.05) is 44.5 Å². The molecule has 0 saturated carbocycles. The number of hydrogen-bond donors (Lipinski definition) is 3. The molecular weight excluding hydrogens is 278 g/mol. The summed E-state index contributed by atoms with van der Waals surface area (Å²) in [4.78, 5) is 7.04. The van der Waals surface area contributed by atoms with Gasteiger partial charge in [-0.25, -0.2) is 9.71 Å². The van der Waals surface area contributed by atoms with E-state index in [9.17, 15) is 8.42 Å². The molecule has 1 atom stereocenters. The largest absolute Gasteiger partial charge is 0.349 e. The third kappa shape index (κ3) is 4.02. The highest BCUT2D eigenvalue weighted by Gasteiger charge is 2.31. The van der Waals surface area contributed by atoms with Gasteiger partial charge in [0.25, 0.3) is 10.2 Å². The van der Waals surface area contributed by atoms with Crippen molar-refractivity contribution in [1.82, 2.24) is 24.3 Å². The van der Waals surface area contributed by atoms with Crippen LogP contribution < -0.4 is 10.0 Å². The lowest BCUT2D eigenvalue weighted by Gasteiger charge is -2.34. The topological polar surface area (TPSA) is 90.1 Å². The second-order valence-corrected chi connectivity index (χ2v) is 6.71. The Morgan fingerprint density at radius 1 is 1.50 bits per heavy atom. The monoisotopic (exact) mass is 301 g/mol. The van der Waals surface area contributed by atoms with Crippen LogP contribution >= 0.6 is 0 Å². The molecule has 20 heavy (non-hydrogen) atoms. The molecule has 0 radical (unpaired) electrons. The van der Waals surface area contributed by atoms with Gasteiger partial charge in [0.1, 0.15) is 5.82 Å². The number of aromatic amines is 1. The van der Waals surface area contributed by atoms with Crippen LogP contribution in [0.15, 0.2) is 12.4 Å². The van der Waals surface area contributed by atoms with Crippen LogP contribution in [0.1, 0.15) is 25.1 Å². The molecule has 2 rings (SSSR count). The Bertz CT molecular complexity index is 486. The van der Waals surface area contributed by atoms with Gasteiger partial charge in [-0.05, 0) is 19.9 Å². The van der Waals surface area contributed by atoms with E-state index in [2.05, 4.69) is 20.0 Å². The Hall–Kier alpha value is -0.960. The molecule has 1 aromatic heterocycles. The molecule has 1 saturated heterocycles. The Balaban J connectivity index is 1.90. The highest BCUT2D eigenvalue weighted by atomic mass is 32.2. The summed E-state index contributed by atoms with van der Waals surface area (Å²) in [6.45, 7) is 1.65. The number of rotatable bonds is 7. The van der Waals surface area contributed by atoms with E-state index in [1.807, 2.05) is 7.05 Å². The average Bonchev–Trinajstić information content (AvgIpc) is 2.92. The summed E-state index contributed by atoms with van der Waals surface area (Å²) in [6.07, 6.45) is 6.90. The van der Waals surface area contributed by atoms with Crippen LogP contribution in [0.25, 0.3) is 0 Å². The number of piperidine rings is 1. The zero-order chi connectivity index (χ0) is 14.4. The van der Waals surface area contributed by atoms with Crippen LogP contribution in [0.5, 0.6) is 0 Å². The predicted octanol–water partition coefficient (Wildman–Crippen LogP) is -0.139. The molecule has 0 aromatic carbocycles. The number of imidazole rings is 1. The highest BCUT2D eigenvalue weighted by Crippen LogP contribution is 2.19. The van der Waals surface area contributed by atoms with E-state index in [-0.39, 0.29) is 6.04 Å². The average molecular weight is 301 g/mol. The summed E-state index contributed by atoms with van der Waals surface area (Å²) in [5.41, 5.74) is 0. The zero-order valence-corrected chi connectivity index (χ0v) is 12.6. The Kier molecular flexibility index (Phi) is 5.53. The number of nitrogens with one attached hydrogen (secondary N) is 3. The number of nitrogens with zero attached hydrogens (tertiary/aromatic N) is 2. The summed E-state index contributed by atoms with van der Waals surface area (Å²) < 4.78 is 29.0. The van der Waals surface area contributed by atoms with Crippen molar-refractivity contribution >= 4 is 10.2 Å². The van der Waals surface area contributed by atoms with Crippen molar-refractivity contribution in [1.29, 1.82) is 0 Å². The summed E-state index contributed by atoms with van der Waals surface area (Å²) >= 11 is 0. The highest BCUT2D eigenvalue weighted by molar-refractivity contribution is 7.87. The molecule has 2 heterocycles. The number of likely N-dealkylation sites (N-methyl/N-ethyl adjacent to an activating group) is 1. The number of aromatic nitrogens is 2. The lowest BCUT2D eigenvalue weighted by atomic mass is 10.1. The SMILES string of the molecule is CNCC1CCCCN1S(=O)(=O)NCCc1ncc[nH]1. The quantitative estimate of drug-likeness (QED) is 0.654. The van der Waals surface area contributed by atoms with Crippen molar-refractivity contribution in [2.75, 3.05) is 26.7 Å². The molecule has 114 valence electrons. The molecule has 1 aromatic rings. The van der Waals surface area contributed by atoms with Crippen molar-refractivity contribution in [2.24, 2.45) is 0 Å². The second kappa shape index (κ2) is 7.16. The van der Waals surface area contributed by atoms with Crippen LogP contribution in [-0.4, -0.2) is 55.4 Å². The molecule has 0 amide bonds. The first-order valence-electron chi connectivity index (χ1n) is 7.03. The molecule has 3 N–H and O–H groups in total. The zero-order valence-electron chi connectivity index (χ0n) is 11.8. The molecular formula is C12H23N5O2S. The Morgan fingerprint density at radius 3 is 3.05 bits per heavy atom. The Labute approximate surface area is 120 Å². The van der Waals surface area contributed by atoms with Crippen molar-refractivity contribution in [3.63, 3.8) is 0 Å². The van der Waals surface area contributed by atoms with Gasteiger partial charge < -0.3 is 10.3 Å². The Morgan fingerprint density at radius 2 is 2.35 bits per heavy atom. The summed E-state index contributed by atoms with van der Waals surface area (Å²) in [5.74, 6) is 0.790. The van der Waals surface area contributed by atoms with Gasteiger partial charge in [0.05, 0.1) is 0 Å². The third-order valence-electron chi connectivity index (χ3n) is 3.52. The van der Waals surface area contributed by atoms with E-state index in [0.29, 0.717) is 26.1 Å². The van der Waals surface area contributed by atoms with Crippen molar-refractivity contribution in [3.05, 3.63) is 18.2 Å². The van der Waals surface area contributed by atoms with Crippen molar-refractivity contribution in [2.45, 2.75) is 31.7 Å².